The van der Waals surface area contributed by atoms with Crippen LogP contribution in [0.5, 0.6) is 0 Å². The summed E-state index contributed by atoms with van der Waals surface area (Å²) < 4.78 is 5.21. The Morgan fingerprint density at radius 1 is 1.10 bits per heavy atom. The van der Waals surface area contributed by atoms with Gasteiger partial charge in [0, 0.05) is 6.42 Å². The molecule has 1 fully saturated rings. The molecule has 1 saturated heterocycles. The van der Waals surface area contributed by atoms with Gasteiger partial charge in [0.15, 0.2) is 0 Å². The van der Waals surface area contributed by atoms with Crippen molar-refractivity contribution >= 4 is 0 Å². The highest BCUT2D eigenvalue weighted by molar-refractivity contribution is 5.10. The molecule has 0 radical (unpaired) electrons. The van der Waals surface area contributed by atoms with Crippen LogP contribution >= 0.6 is 0 Å². The normalized spacial score (nSPS) is 51.8. The lowest BCUT2D eigenvalue weighted by Crippen LogP contribution is -2.41. The van der Waals surface area contributed by atoms with E-state index in [-0.39, 0.29) is 12.2 Å². The van der Waals surface area contributed by atoms with Gasteiger partial charge in [0.2, 0.25) is 0 Å². The highest BCUT2D eigenvalue weighted by Crippen LogP contribution is 2.26. The molecule has 10 heavy (non-hydrogen) atoms. The van der Waals surface area contributed by atoms with Crippen LogP contribution in [0.3, 0.4) is 0 Å². The summed E-state index contributed by atoms with van der Waals surface area (Å²) in [6, 6.07) is 0. The van der Waals surface area contributed by atoms with Crippen LogP contribution in [0.2, 0.25) is 0 Å². The largest absolute Gasteiger partial charge is 0.390 e. The van der Waals surface area contributed by atoms with Crippen LogP contribution in [-0.2, 0) is 4.74 Å². The van der Waals surface area contributed by atoms with Crippen molar-refractivity contribution < 1.29 is 14.9 Å². The molecule has 2 aliphatic heterocycles. The predicted octanol–water partition coefficient (Wildman–Crippen LogP) is -0.565. The van der Waals surface area contributed by atoms with Crippen molar-refractivity contribution in [3.8, 4) is 0 Å². The first-order valence-corrected chi connectivity index (χ1v) is 3.47. The molecule has 56 valence electrons. The van der Waals surface area contributed by atoms with Crippen molar-refractivity contribution in [3.63, 3.8) is 0 Å². The molecule has 0 aromatic rings. The molecule has 0 aromatic heterocycles. The summed E-state index contributed by atoms with van der Waals surface area (Å²) >= 11 is 0. The number of ether oxygens (including phenoxy) is 1. The Balaban J connectivity index is 2.17. The molecule has 0 amide bonds. The average Bonchev–Trinajstić information content (AvgIpc) is 2.28. The van der Waals surface area contributed by atoms with E-state index in [1.165, 1.54) is 0 Å². The van der Waals surface area contributed by atoms with Gasteiger partial charge in [-0.1, -0.05) is 12.2 Å². The van der Waals surface area contributed by atoms with Gasteiger partial charge in [-0.15, -0.1) is 0 Å². The number of hydrogen-bond donors (Lipinski definition) is 2. The Labute approximate surface area is 58.9 Å². The zero-order valence-corrected chi connectivity index (χ0v) is 5.47. The molecule has 2 N–H and O–H groups in total. The first-order valence-electron chi connectivity index (χ1n) is 3.47. The van der Waals surface area contributed by atoms with E-state index in [2.05, 4.69) is 0 Å². The first kappa shape index (κ1) is 6.34. The summed E-state index contributed by atoms with van der Waals surface area (Å²) in [7, 11) is 0. The molecule has 2 rings (SSSR count). The predicted molar refractivity (Wildman–Crippen MR) is 34.4 cm³/mol. The summed E-state index contributed by atoms with van der Waals surface area (Å²) in [5, 5.41) is 18.5. The zero-order valence-electron chi connectivity index (χ0n) is 5.47. The maximum Gasteiger partial charge on any atom is 0.103 e. The number of rotatable bonds is 0. The zero-order chi connectivity index (χ0) is 7.14. The lowest BCUT2D eigenvalue weighted by atomic mass is 10.0. The summed E-state index contributed by atoms with van der Waals surface area (Å²) in [5.74, 6) is 0. The summed E-state index contributed by atoms with van der Waals surface area (Å²) in [6.07, 6.45) is 2.66. The molecule has 2 heterocycles. The highest BCUT2D eigenvalue weighted by Gasteiger charge is 2.37. The van der Waals surface area contributed by atoms with E-state index < -0.39 is 12.2 Å². The third-order valence-corrected chi connectivity index (χ3v) is 2.05. The van der Waals surface area contributed by atoms with E-state index in [0.29, 0.717) is 6.42 Å². The van der Waals surface area contributed by atoms with Crippen molar-refractivity contribution in [3.05, 3.63) is 12.2 Å². The van der Waals surface area contributed by atoms with E-state index in [1.807, 2.05) is 12.2 Å². The second-order valence-corrected chi connectivity index (χ2v) is 2.82. The van der Waals surface area contributed by atoms with Crippen LogP contribution in [0.4, 0.5) is 0 Å². The van der Waals surface area contributed by atoms with Gasteiger partial charge in [0.1, 0.15) is 12.2 Å². The molecule has 0 aromatic carbocycles. The Bertz CT molecular complexity index is 150. The van der Waals surface area contributed by atoms with Crippen LogP contribution in [0, 0.1) is 0 Å². The van der Waals surface area contributed by atoms with Crippen LogP contribution in [-0.4, -0.2) is 34.6 Å². The van der Waals surface area contributed by atoms with Gasteiger partial charge >= 0.3 is 0 Å². The van der Waals surface area contributed by atoms with Gasteiger partial charge in [0.25, 0.3) is 0 Å². The maximum absolute atomic E-state index is 9.23. The molecular weight excluding hydrogens is 132 g/mol. The number of hydrogen-bond acceptors (Lipinski definition) is 3. The van der Waals surface area contributed by atoms with Crippen molar-refractivity contribution in [2.45, 2.75) is 30.8 Å². The van der Waals surface area contributed by atoms with Gasteiger partial charge < -0.3 is 14.9 Å². The molecule has 0 aliphatic carbocycles. The molecule has 0 spiro atoms. The lowest BCUT2D eigenvalue weighted by molar-refractivity contribution is -0.121. The van der Waals surface area contributed by atoms with Crippen molar-refractivity contribution in [2.75, 3.05) is 0 Å². The van der Waals surface area contributed by atoms with Gasteiger partial charge in [0.05, 0.1) is 12.2 Å². The fraction of sp³-hybridized carbons (Fsp3) is 0.714. The van der Waals surface area contributed by atoms with Crippen LogP contribution in [0.15, 0.2) is 12.2 Å². The molecule has 4 atom stereocenters. The van der Waals surface area contributed by atoms with Crippen molar-refractivity contribution in [2.24, 2.45) is 0 Å². The van der Waals surface area contributed by atoms with Crippen LogP contribution in [0.25, 0.3) is 0 Å². The Kier molecular flexibility index (Phi) is 1.30. The Morgan fingerprint density at radius 3 is 2.10 bits per heavy atom. The minimum atomic E-state index is -0.523. The monoisotopic (exact) mass is 142 g/mol. The molecule has 2 bridgehead atoms. The summed E-state index contributed by atoms with van der Waals surface area (Å²) in [6.45, 7) is 0. The maximum atomic E-state index is 9.23. The SMILES string of the molecule is O[C@@H]1C[C@H](O)[C@@H]2C=C[C@H]1O2. The molecular formula is C7H10O3. The molecule has 0 unspecified atom stereocenters. The lowest BCUT2D eigenvalue weighted by Gasteiger charge is -2.29. The molecule has 2 aliphatic rings. The fourth-order valence-corrected chi connectivity index (χ4v) is 1.44. The van der Waals surface area contributed by atoms with E-state index >= 15 is 0 Å². The Morgan fingerprint density at radius 2 is 1.60 bits per heavy atom. The average molecular weight is 142 g/mol. The van der Waals surface area contributed by atoms with Gasteiger partial charge in [-0.3, -0.25) is 0 Å². The van der Waals surface area contributed by atoms with E-state index in [0.717, 1.165) is 0 Å². The molecule has 0 saturated carbocycles. The first-order chi connectivity index (χ1) is 4.77. The fourth-order valence-electron chi connectivity index (χ4n) is 1.44. The van der Waals surface area contributed by atoms with E-state index in [4.69, 9.17) is 4.74 Å². The second-order valence-electron chi connectivity index (χ2n) is 2.82. The third kappa shape index (κ3) is 0.785. The van der Waals surface area contributed by atoms with Crippen molar-refractivity contribution in [1.29, 1.82) is 0 Å². The van der Waals surface area contributed by atoms with Crippen LogP contribution in [0.1, 0.15) is 6.42 Å². The number of aliphatic hydroxyl groups is 2. The minimum Gasteiger partial charge on any atom is -0.390 e. The van der Waals surface area contributed by atoms with Crippen molar-refractivity contribution in [1.82, 2.24) is 0 Å². The van der Waals surface area contributed by atoms with Crippen LogP contribution < -0.4 is 0 Å². The molecule has 3 heteroatoms. The number of fused-ring (bicyclic) bond motifs is 2. The number of aliphatic hydroxyl groups excluding tert-OH is 2. The Hall–Kier alpha value is -0.380. The molecule has 3 nitrogen and oxygen atoms in total. The minimum absolute atomic E-state index is 0.173. The smallest absolute Gasteiger partial charge is 0.103 e. The summed E-state index contributed by atoms with van der Waals surface area (Å²) in [5.41, 5.74) is 0. The standard InChI is InChI=1S/C7H10O3/c8-4-3-5(9)7-2-1-6(4)10-7/h1-2,4-9H,3H2/t4-,5+,6-,7+. The van der Waals surface area contributed by atoms with Gasteiger partial charge in [-0.25, -0.2) is 0 Å². The second kappa shape index (κ2) is 2.05. The quantitative estimate of drug-likeness (QED) is 0.445. The topological polar surface area (TPSA) is 49.7 Å². The van der Waals surface area contributed by atoms with Gasteiger partial charge in [-0.05, 0) is 0 Å². The van der Waals surface area contributed by atoms with E-state index in [9.17, 15) is 10.2 Å². The summed E-state index contributed by atoms with van der Waals surface area (Å²) in [4.78, 5) is 0. The van der Waals surface area contributed by atoms with Gasteiger partial charge in [-0.2, -0.15) is 0 Å². The van der Waals surface area contributed by atoms with E-state index in [1.54, 1.807) is 0 Å². The third-order valence-electron chi connectivity index (χ3n) is 2.05. The highest BCUT2D eigenvalue weighted by atomic mass is 16.5.